The Morgan fingerprint density at radius 1 is 1.18 bits per heavy atom. The van der Waals surface area contributed by atoms with Crippen molar-refractivity contribution in [3.63, 3.8) is 0 Å². The first kappa shape index (κ1) is 15.9. The molecule has 0 aliphatic heterocycles. The van der Waals surface area contributed by atoms with E-state index in [1.54, 1.807) is 0 Å². The maximum absolute atomic E-state index is 11.6. The molecule has 0 spiro atoms. The highest BCUT2D eigenvalue weighted by Gasteiger charge is 2.28. The SMILES string of the molecule is CCC(CC)(CN)OC(=O)CCCCC(=O)O. The summed E-state index contributed by atoms with van der Waals surface area (Å²) < 4.78 is 5.38. The summed E-state index contributed by atoms with van der Waals surface area (Å²) in [4.78, 5) is 21.8. The first-order valence-corrected chi connectivity index (χ1v) is 6.13. The zero-order valence-corrected chi connectivity index (χ0v) is 10.7. The summed E-state index contributed by atoms with van der Waals surface area (Å²) in [6.07, 6.45) is 2.78. The minimum Gasteiger partial charge on any atom is -0.481 e. The molecule has 5 heteroatoms. The first-order valence-electron chi connectivity index (χ1n) is 6.13. The number of nitrogens with two attached hydrogens (primary N) is 1. The van der Waals surface area contributed by atoms with Gasteiger partial charge in [-0.3, -0.25) is 9.59 Å². The van der Waals surface area contributed by atoms with Crippen LogP contribution in [-0.2, 0) is 14.3 Å². The molecule has 0 bridgehead atoms. The van der Waals surface area contributed by atoms with Gasteiger partial charge in [0.2, 0.25) is 0 Å². The molecule has 0 unspecified atom stereocenters. The van der Waals surface area contributed by atoms with E-state index in [1.807, 2.05) is 13.8 Å². The monoisotopic (exact) mass is 245 g/mol. The van der Waals surface area contributed by atoms with E-state index in [4.69, 9.17) is 15.6 Å². The van der Waals surface area contributed by atoms with E-state index in [-0.39, 0.29) is 18.8 Å². The van der Waals surface area contributed by atoms with Gasteiger partial charge in [0.05, 0.1) is 0 Å². The summed E-state index contributed by atoms with van der Waals surface area (Å²) in [5, 5.41) is 8.45. The minimum atomic E-state index is -0.836. The van der Waals surface area contributed by atoms with Crippen LogP contribution in [-0.4, -0.2) is 29.2 Å². The Bertz CT molecular complexity index is 241. The highest BCUT2D eigenvalue weighted by molar-refractivity contribution is 5.70. The first-order chi connectivity index (χ1) is 7.99. The smallest absolute Gasteiger partial charge is 0.306 e. The van der Waals surface area contributed by atoms with Crippen LogP contribution in [0.5, 0.6) is 0 Å². The van der Waals surface area contributed by atoms with Crippen LogP contribution in [0.2, 0.25) is 0 Å². The summed E-state index contributed by atoms with van der Waals surface area (Å²) in [7, 11) is 0. The molecule has 100 valence electrons. The van der Waals surface area contributed by atoms with Crippen molar-refractivity contribution in [1.82, 2.24) is 0 Å². The lowest BCUT2D eigenvalue weighted by atomic mass is 9.97. The number of carboxylic acid groups (broad SMARTS) is 1. The van der Waals surface area contributed by atoms with Crippen molar-refractivity contribution in [3.8, 4) is 0 Å². The Kier molecular flexibility index (Phi) is 7.54. The van der Waals surface area contributed by atoms with Crippen LogP contribution in [0.25, 0.3) is 0 Å². The van der Waals surface area contributed by atoms with E-state index in [0.29, 0.717) is 32.2 Å². The molecule has 0 heterocycles. The third kappa shape index (κ3) is 6.26. The Hall–Kier alpha value is -1.10. The lowest BCUT2D eigenvalue weighted by Crippen LogP contribution is -2.41. The number of unbranched alkanes of at least 4 members (excludes halogenated alkanes) is 1. The molecule has 0 atom stereocenters. The molecule has 0 rings (SSSR count). The summed E-state index contributed by atoms with van der Waals surface area (Å²) in [6.45, 7) is 4.20. The van der Waals surface area contributed by atoms with E-state index in [0.717, 1.165) is 0 Å². The van der Waals surface area contributed by atoms with E-state index in [9.17, 15) is 9.59 Å². The highest BCUT2D eigenvalue weighted by Crippen LogP contribution is 2.20. The number of carbonyl (C=O) groups excluding carboxylic acids is 1. The topological polar surface area (TPSA) is 89.6 Å². The van der Waals surface area contributed by atoms with Gasteiger partial charge in [-0.15, -0.1) is 0 Å². The maximum Gasteiger partial charge on any atom is 0.306 e. The number of carbonyl (C=O) groups is 2. The van der Waals surface area contributed by atoms with Crippen molar-refractivity contribution in [3.05, 3.63) is 0 Å². The molecular weight excluding hydrogens is 222 g/mol. The van der Waals surface area contributed by atoms with Gasteiger partial charge in [-0.05, 0) is 25.7 Å². The number of esters is 1. The molecule has 3 N–H and O–H groups in total. The van der Waals surface area contributed by atoms with E-state index >= 15 is 0 Å². The number of carboxylic acids is 1. The average Bonchev–Trinajstić information content (AvgIpc) is 2.32. The summed E-state index contributed by atoms with van der Waals surface area (Å²) >= 11 is 0. The molecule has 0 aromatic carbocycles. The number of hydrogen-bond donors (Lipinski definition) is 2. The van der Waals surface area contributed by atoms with Crippen LogP contribution < -0.4 is 5.73 Å². The molecule has 0 saturated heterocycles. The van der Waals surface area contributed by atoms with E-state index in [1.165, 1.54) is 0 Å². The zero-order valence-electron chi connectivity index (χ0n) is 10.7. The van der Waals surface area contributed by atoms with Gasteiger partial charge in [-0.25, -0.2) is 0 Å². The predicted octanol–water partition coefficient (Wildman–Crippen LogP) is 1.69. The second-order valence-corrected chi connectivity index (χ2v) is 4.17. The van der Waals surface area contributed by atoms with Gasteiger partial charge in [0.25, 0.3) is 0 Å². The third-order valence-corrected chi connectivity index (χ3v) is 3.01. The lowest BCUT2D eigenvalue weighted by Gasteiger charge is -2.30. The predicted molar refractivity (Wildman–Crippen MR) is 64.6 cm³/mol. The molecule has 0 radical (unpaired) electrons. The molecule has 5 nitrogen and oxygen atoms in total. The van der Waals surface area contributed by atoms with Crippen LogP contribution in [0.4, 0.5) is 0 Å². The van der Waals surface area contributed by atoms with Crippen molar-refractivity contribution in [1.29, 1.82) is 0 Å². The zero-order chi connectivity index (χ0) is 13.3. The van der Waals surface area contributed by atoms with Crippen LogP contribution >= 0.6 is 0 Å². The quantitative estimate of drug-likeness (QED) is 0.476. The minimum absolute atomic E-state index is 0.0941. The number of rotatable bonds is 9. The molecule has 0 amide bonds. The van der Waals surface area contributed by atoms with Crippen LogP contribution in [0.3, 0.4) is 0 Å². The summed E-state index contributed by atoms with van der Waals surface area (Å²) in [5.74, 6) is -1.12. The van der Waals surface area contributed by atoms with Crippen LogP contribution in [0.1, 0.15) is 52.4 Å². The molecule has 0 fully saturated rings. The Balaban J connectivity index is 3.95. The molecule has 0 aliphatic rings. The van der Waals surface area contributed by atoms with Gasteiger partial charge in [0, 0.05) is 19.4 Å². The molecule has 0 aromatic rings. The molecule has 0 saturated carbocycles. The van der Waals surface area contributed by atoms with Gasteiger partial charge in [-0.1, -0.05) is 13.8 Å². The van der Waals surface area contributed by atoms with Crippen molar-refractivity contribution < 1.29 is 19.4 Å². The second-order valence-electron chi connectivity index (χ2n) is 4.17. The lowest BCUT2D eigenvalue weighted by molar-refractivity contribution is -0.160. The Morgan fingerprint density at radius 3 is 2.12 bits per heavy atom. The Labute approximate surface area is 102 Å². The van der Waals surface area contributed by atoms with Crippen LogP contribution in [0.15, 0.2) is 0 Å². The molecular formula is C12H23NO4. The summed E-state index contributed by atoms with van der Waals surface area (Å²) in [6, 6.07) is 0. The van der Waals surface area contributed by atoms with Gasteiger partial charge < -0.3 is 15.6 Å². The third-order valence-electron chi connectivity index (χ3n) is 3.01. The fraction of sp³-hybridized carbons (Fsp3) is 0.833. The van der Waals surface area contributed by atoms with E-state index in [2.05, 4.69) is 0 Å². The summed E-state index contributed by atoms with van der Waals surface area (Å²) in [5.41, 5.74) is 5.07. The number of aliphatic carboxylic acids is 1. The van der Waals surface area contributed by atoms with Crippen molar-refractivity contribution in [2.45, 2.75) is 58.0 Å². The Morgan fingerprint density at radius 2 is 1.71 bits per heavy atom. The van der Waals surface area contributed by atoms with Gasteiger partial charge in [0.15, 0.2) is 0 Å². The fourth-order valence-corrected chi connectivity index (χ4v) is 1.56. The molecule has 17 heavy (non-hydrogen) atoms. The maximum atomic E-state index is 11.6. The highest BCUT2D eigenvalue weighted by atomic mass is 16.6. The van der Waals surface area contributed by atoms with Gasteiger partial charge in [-0.2, -0.15) is 0 Å². The van der Waals surface area contributed by atoms with Crippen molar-refractivity contribution >= 4 is 11.9 Å². The largest absolute Gasteiger partial charge is 0.481 e. The molecule has 0 aliphatic carbocycles. The van der Waals surface area contributed by atoms with Gasteiger partial charge >= 0.3 is 11.9 Å². The normalized spacial score (nSPS) is 11.2. The second kappa shape index (κ2) is 8.06. The molecule has 0 aromatic heterocycles. The number of ether oxygens (including phenoxy) is 1. The van der Waals surface area contributed by atoms with E-state index < -0.39 is 11.6 Å². The van der Waals surface area contributed by atoms with Crippen molar-refractivity contribution in [2.24, 2.45) is 5.73 Å². The fourth-order valence-electron chi connectivity index (χ4n) is 1.56. The standard InChI is InChI=1S/C12H23NO4/c1-3-12(4-2,9-13)17-11(16)8-6-5-7-10(14)15/h3-9,13H2,1-2H3,(H,14,15). The number of hydrogen-bond acceptors (Lipinski definition) is 4. The van der Waals surface area contributed by atoms with Crippen LogP contribution in [0, 0.1) is 0 Å². The average molecular weight is 245 g/mol. The van der Waals surface area contributed by atoms with Gasteiger partial charge in [0.1, 0.15) is 5.60 Å². The van der Waals surface area contributed by atoms with Crippen molar-refractivity contribution in [2.75, 3.05) is 6.54 Å².